The molecule has 2 heterocycles. The number of nitrogens with one attached hydrogen (secondary N) is 3. The lowest BCUT2D eigenvalue weighted by Crippen LogP contribution is -2.18. The molecule has 0 radical (unpaired) electrons. The molecule has 0 bridgehead atoms. The van der Waals surface area contributed by atoms with Crippen molar-refractivity contribution >= 4 is 56.5 Å². The van der Waals surface area contributed by atoms with Gasteiger partial charge in [0.05, 0.1) is 15.6 Å². The molecule has 3 aromatic rings. The van der Waals surface area contributed by atoms with Crippen molar-refractivity contribution in [3.05, 3.63) is 53.9 Å². The van der Waals surface area contributed by atoms with E-state index in [2.05, 4.69) is 30.3 Å². The average Bonchev–Trinajstić information content (AvgIpc) is 2.70. The molecule has 2 aromatic heterocycles. The smallest absolute Gasteiger partial charge is 0.240 e. The molecule has 0 amide bonds. The third-order valence-corrected chi connectivity index (χ3v) is 6.09. The lowest BCUT2D eigenvalue weighted by atomic mass is 10.3. The molecule has 0 saturated carbocycles. The Morgan fingerprint density at radius 3 is 2.36 bits per heavy atom. The fourth-order valence-corrected chi connectivity index (χ4v) is 3.68. The Morgan fingerprint density at radius 1 is 0.964 bits per heavy atom. The molecular formula is C17H17ClN6O2S2. The maximum absolute atomic E-state index is 12.1. The number of aromatic nitrogens is 3. The standard InChI is InChI=1S/C17H17ClN6O2S2/c1-19-28(25,26)12-4-5-14(27-2)13(7-12)23-16-8-17(22-10-21-16)24-15-6-3-11(18)9-20-15/h3-10,19H,1-2H3,(H2,20,21,22,23,24). The van der Waals surface area contributed by atoms with E-state index in [1.165, 1.54) is 31.3 Å². The van der Waals surface area contributed by atoms with Crippen LogP contribution in [-0.2, 0) is 10.0 Å². The first-order chi connectivity index (χ1) is 13.4. The second kappa shape index (κ2) is 8.74. The highest BCUT2D eigenvalue weighted by atomic mass is 35.5. The van der Waals surface area contributed by atoms with E-state index in [1.807, 2.05) is 6.26 Å². The highest BCUT2D eigenvalue weighted by Gasteiger charge is 2.14. The zero-order valence-corrected chi connectivity index (χ0v) is 17.4. The normalized spacial score (nSPS) is 11.2. The Balaban J connectivity index is 1.87. The van der Waals surface area contributed by atoms with Gasteiger partial charge in [0.25, 0.3) is 0 Å². The van der Waals surface area contributed by atoms with Crippen LogP contribution in [0.5, 0.6) is 0 Å². The van der Waals surface area contributed by atoms with Crippen molar-refractivity contribution in [2.24, 2.45) is 0 Å². The number of nitrogens with zero attached hydrogens (tertiary/aromatic N) is 3. The highest BCUT2D eigenvalue weighted by molar-refractivity contribution is 7.98. The number of pyridine rings is 1. The second-order valence-corrected chi connectivity index (χ2v) is 8.64. The summed E-state index contributed by atoms with van der Waals surface area (Å²) in [7, 11) is -2.18. The van der Waals surface area contributed by atoms with Gasteiger partial charge in [-0.1, -0.05) is 11.6 Å². The molecule has 0 fully saturated rings. The first kappa shape index (κ1) is 20.3. The van der Waals surface area contributed by atoms with E-state index in [0.717, 1.165) is 4.90 Å². The van der Waals surface area contributed by atoms with Crippen molar-refractivity contribution in [1.82, 2.24) is 19.7 Å². The summed E-state index contributed by atoms with van der Waals surface area (Å²) in [5, 5.41) is 6.75. The van der Waals surface area contributed by atoms with Gasteiger partial charge in [-0.2, -0.15) is 0 Å². The number of rotatable bonds is 7. The van der Waals surface area contributed by atoms with Crippen LogP contribution in [0.25, 0.3) is 0 Å². The summed E-state index contributed by atoms with van der Waals surface area (Å²) in [6.45, 7) is 0. The van der Waals surface area contributed by atoms with Gasteiger partial charge < -0.3 is 10.6 Å². The summed E-state index contributed by atoms with van der Waals surface area (Å²) >= 11 is 7.33. The van der Waals surface area contributed by atoms with Crippen LogP contribution in [0.3, 0.4) is 0 Å². The second-order valence-electron chi connectivity index (χ2n) is 5.47. The molecule has 0 aliphatic carbocycles. The Morgan fingerprint density at radius 2 is 1.71 bits per heavy atom. The van der Waals surface area contributed by atoms with Crippen molar-refractivity contribution in [1.29, 1.82) is 0 Å². The van der Waals surface area contributed by atoms with Crippen LogP contribution < -0.4 is 15.4 Å². The molecule has 11 heteroatoms. The lowest BCUT2D eigenvalue weighted by molar-refractivity contribution is 0.588. The maximum Gasteiger partial charge on any atom is 0.240 e. The highest BCUT2D eigenvalue weighted by Crippen LogP contribution is 2.30. The largest absolute Gasteiger partial charge is 0.339 e. The number of hydrogen-bond donors (Lipinski definition) is 3. The molecule has 0 spiro atoms. The van der Waals surface area contributed by atoms with Crippen LogP contribution in [0.2, 0.25) is 5.02 Å². The quantitative estimate of drug-likeness (QED) is 0.481. The molecule has 1 aromatic carbocycles. The Kier molecular flexibility index (Phi) is 6.35. The topological polar surface area (TPSA) is 109 Å². The van der Waals surface area contributed by atoms with Crippen molar-refractivity contribution in [2.75, 3.05) is 23.9 Å². The van der Waals surface area contributed by atoms with Crippen LogP contribution >= 0.6 is 23.4 Å². The summed E-state index contributed by atoms with van der Waals surface area (Å²) < 4.78 is 26.5. The zero-order valence-electron chi connectivity index (χ0n) is 15.0. The minimum absolute atomic E-state index is 0.160. The SMILES string of the molecule is CNS(=O)(=O)c1ccc(SC)c(Nc2cc(Nc3ccc(Cl)cn3)ncn2)c1. The number of sulfonamides is 1. The summed E-state index contributed by atoms with van der Waals surface area (Å²) in [5.74, 6) is 1.61. The predicted molar refractivity (Wildman–Crippen MR) is 112 cm³/mol. The minimum atomic E-state index is -3.55. The van der Waals surface area contributed by atoms with E-state index in [0.29, 0.717) is 28.2 Å². The number of halogens is 1. The third-order valence-electron chi connectivity index (χ3n) is 3.66. The van der Waals surface area contributed by atoms with Gasteiger partial charge in [-0.05, 0) is 43.6 Å². The Bertz CT molecular complexity index is 1080. The number of thioether (sulfide) groups is 1. The molecule has 0 atom stereocenters. The molecule has 0 aliphatic rings. The molecular weight excluding hydrogens is 420 g/mol. The summed E-state index contributed by atoms with van der Waals surface area (Å²) in [4.78, 5) is 13.6. The van der Waals surface area contributed by atoms with E-state index in [4.69, 9.17) is 11.6 Å². The molecule has 146 valence electrons. The van der Waals surface area contributed by atoms with E-state index in [-0.39, 0.29) is 4.90 Å². The van der Waals surface area contributed by atoms with Crippen molar-refractivity contribution in [3.8, 4) is 0 Å². The van der Waals surface area contributed by atoms with E-state index >= 15 is 0 Å². The molecule has 3 rings (SSSR count). The first-order valence-electron chi connectivity index (χ1n) is 8.00. The number of anilines is 4. The first-order valence-corrected chi connectivity index (χ1v) is 11.1. The fourth-order valence-electron chi connectivity index (χ4n) is 2.28. The number of hydrogen-bond acceptors (Lipinski definition) is 8. The van der Waals surface area contributed by atoms with Crippen LogP contribution in [0, 0.1) is 0 Å². The lowest BCUT2D eigenvalue weighted by Gasteiger charge is -2.13. The fraction of sp³-hybridized carbons (Fsp3) is 0.118. The Hall–Kier alpha value is -2.40. The average molecular weight is 437 g/mol. The summed E-state index contributed by atoms with van der Waals surface area (Å²) in [5.41, 5.74) is 0.623. The van der Waals surface area contributed by atoms with E-state index < -0.39 is 10.0 Å². The Labute approximate surface area is 172 Å². The number of benzene rings is 1. The third kappa shape index (κ3) is 4.90. The van der Waals surface area contributed by atoms with Crippen LogP contribution in [0.1, 0.15) is 0 Å². The van der Waals surface area contributed by atoms with Gasteiger partial charge in [-0.15, -0.1) is 11.8 Å². The zero-order chi connectivity index (χ0) is 20.1. The van der Waals surface area contributed by atoms with Crippen molar-refractivity contribution in [3.63, 3.8) is 0 Å². The van der Waals surface area contributed by atoms with Gasteiger partial charge in [0.1, 0.15) is 23.8 Å². The van der Waals surface area contributed by atoms with Crippen molar-refractivity contribution < 1.29 is 8.42 Å². The van der Waals surface area contributed by atoms with E-state index in [9.17, 15) is 8.42 Å². The van der Waals surface area contributed by atoms with Gasteiger partial charge in [0.15, 0.2) is 0 Å². The molecule has 28 heavy (non-hydrogen) atoms. The van der Waals surface area contributed by atoms with Crippen LogP contribution in [0.15, 0.2) is 58.7 Å². The minimum Gasteiger partial charge on any atom is -0.339 e. The van der Waals surface area contributed by atoms with Gasteiger partial charge in [-0.3, -0.25) is 0 Å². The predicted octanol–water partition coefficient (Wildman–Crippen LogP) is 3.64. The van der Waals surface area contributed by atoms with Gasteiger partial charge in [-0.25, -0.2) is 28.1 Å². The van der Waals surface area contributed by atoms with Crippen LogP contribution in [0.4, 0.5) is 23.1 Å². The van der Waals surface area contributed by atoms with Gasteiger partial charge in [0, 0.05) is 17.2 Å². The van der Waals surface area contributed by atoms with Crippen LogP contribution in [-0.4, -0.2) is 36.7 Å². The monoisotopic (exact) mass is 436 g/mol. The van der Waals surface area contributed by atoms with Crippen molar-refractivity contribution in [2.45, 2.75) is 9.79 Å². The van der Waals surface area contributed by atoms with Gasteiger partial charge in [0.2, 0.25) is 10.0 Å². The molecule has 8 nitrogen and oxygen atoms in total. The van der Waals surface area contributed by atoms with Gasteiger partial charge >= 0.3 is 0 Å². The molecule has 0 unspecified atom stereocenters. The molecule has 3 N–H and O–H groups in total. The maximum atomic E-state index is 12.1. The molecule has 0 saturated heterocycles. The van der Waals surface area contributed by atoms with E-state index in [1.54, 1.807) is 36.4 Å². The summed E-state index contributed by atoms with van der Waals surface area (Å²) in [6, 6.07) is 10.0. The molecule has 0 aliphatic heterocycles. The summed E-state index contributed by atoms with van der Waals surface area (Å²) in [6.07, 6.45) is 4.84.